The third-order valence-corrected chi connectivity index (χ3v) is 5.63. The van der Waals surface area contributed by atoms with Gasteiger partial charge in [-0.15, -0.1) is 0 Å². The Labute approximate surface area is 199 Å². The molecule has 0 aliphatic rings. The molecule has 9 heteroatoms. The van der Waals surface area contributed by atoms with Gasteiger partial charge in [-0.3, -0.25) is 0 Å². The fourth-order valence-electron chi connectivity index (χ4n) is 3.33. The predicted molar refractivity (Wildman–Crippen MR) is 127 cm³/mol. The van der Waals surface area contributed by atoms with Gasteiger partial charge in [0.15, 0.2) is 6.10 Å². The molecular formula is C24H50O9. The summed E-state index contributed by atoms with van der Waals surface area (Å²) < 4.78 is 0. The highest BCUT2D eigenvalue weighted by Gasteiger charge is 2.29. The lowest BCUT2D eigenvalue weighted by atomic mass is 10.0. The minimum atomic E-state index is -1.67. The third-order valence-electron chi connectivity index (χ3n) is 5.63. The number of aliphatic hydroxyl groups excluding tert-OH is 7. The minimum Gasteiger partial charge on any atom is -0.479 e. The summed E-state index contributed by atoms with van der Waals surface area (Å²) in [5.41, 5.74) is 0. The highest BCUT2D eigenvalue weighted by atomic mass is 16.4. The van der Waals surface area contributed by atoms with Crippen molar-refractivity contribution in [3.8, 4) is 0 Å². The molecule has 0 radical (unpaired) electrons. The summed E-state index contributed by atoms with van der Waals surface area (Å²) in [6.45, 7) is 0.807. The highest BCUT2D eigenvalue weighted by molar-refractivity contribution is 5.71. The maximum Gasteiger partial charge on any atom is 0.332 e. The maximum atomic E-state index is 10.4. The van der Waals surface area contributed by atoms with E-state index in [-0.39, 0.29) is 0 Å². The zero-order chi connectivity index (χ0) is 25.5. The molecular weight excluding hydrogens is 432 g/mol. The van der Waals surface area contributed by atoms with Crippen molar-refractivity contribution in [2.24, 2.45) is 0 Å². The third kappa shape index (κ3) is 21.5. The van der Waals surface area contributed by atoms with Crippen molar-refractivity contribution in [3.05, 3.63) is 0 Å². The smallest absolute Gasteiger partial charge is 0.332 e. The molecule has 0 rings (SSSR count). The van der Waals surface area contributed by atoms with E-state index < -0.39 is 49.7 Å². The van der Waals surface area contributed by atoms with Gasteiger partial charge in [0.25, 0.3) is 0 Å². The summed E-state index contributed by atoms with van der Waals surface area (Å²) in [5, 5.41) is 69.8. The van der Waals surface area contributed by atoms with E-state index in [1.807, 2.05) is 0 Å². The molecule has 9 nitrogen and oxygen atoms in total. The van der Waals surface area contributed by atoms with E-state index in [0.717, 1.165) is 12.8 Å². The lowest BCUT2D eigenvalue weighted by molar-refractivity contribution is -0.146. The number of carboxylic acids is 1. The van der Waals surface area contributed by atoms with Gasteiger partial charge in [-0.1, -0.05) is 96.8 Å². The van der Waals surface area contributed by atoms with Crippen LogP contribution in [0.3, 0.4) is 0 Å². The van der Waals surface area contributed by atoms with Gasteiger partial charge in [0.2, 0.25) is 0 Å². The van der Waals surface area contributed by atoms with Crippen LogP contribution in [0.5, 0.6) is 0 Å². The van der Waals surface area contributed by atoms with Crippen molar-refractivity contribution in [1.82, 2.24) is 0 Å². The number of rotatable bonds is 21. The van der Waals surface area contributed by atoms with Crippen LogP contribution in [0.4, 0.5) is 0 Å². The standard InChI is InChI=1S/C18H36O3.C6H14O6/c1-2-3-4-5-6-7-8-9-10-11-12-13-14-15-16-17(19)18(20)21;7-1-3(9)5(11)6(12)4(10)2-8/h17,19H,2-16H2,1H3,(H,20,21);3-12H,1-2H2. The Morgan fingerprint density at radius 3 is 1.15 bits per heavy atom. The Hall–Kier alpha value is -0.810. The summed E-state index contributed by atoms with van der Waals surface area (Å²) in [6, 6.07) is 0. The fourth-order valence-corrected chi connectivity index (χ4v) is 3.33. The van der Waals surface area contributed by atoms with Crippen molar-refractivity contribution in [2.45, 2.75) is 134 Å². The molecule has 0 saturated heterocycles. The summed E-state index contributed by atoms with van der Waals surface area (Å²) in [5.74, 6) is -1.09. The van der Waals surface area contributed by atoms with Crippen LogP contribution in [0.15, 0.2) is 0 Å². The molecule has 8 N–H and O–H groups in total. The van der Waals surface area contributed by atoms with Gasteiger partial charge < -0.3 is 40.9 Å². The monoisotopic (exact) mass is 482 g/mol. The van der Waals surface area contributed by atoms with Crippen LogP contribution in [0.1, 0.15) is 103 Å². The number of aliphatic carboxylic acids is 1. The Bertz CT molecular complexity index is 409. The van der Waals surface area contributed by atoms with E-state index in [4.69, 9.17) is 40.9 Å². The van der Waals surface area contributed by atoms with Crippen LogP contribution >= 0.6 is 0 Å². The second-order valence-corrected chi connectivity index (χ2v) is 8.72. The van der Waals surface area contributed by atoms with Crippen molar-refractivity contribution in [2.75, 3.05) is 13.2 Å². The van der Waals surface area contributed by atoms with E-state index >= 15 is 0 Å². The molecule has 33 heavy (non-hydrogen) atoms. The average molecular weight is 483 g/mol. The lowest BCUT2D eigenvalue weighted by Crippen LogP contribution is -2.46. The van der Waals surface area contributed by atoms with Gasteiger partial charge in [0.05, 0.1) is 13.2 Å². The molecule has 5 unspecified atom stereocenters. The number of hydrogen-bond acceptors (Lipinski definition) is 8. The topological polar surface area (TPSA) is 179 Å². The molecule has 0 amide bonds. The van der Waals surface area contributed by atoms with Gasteiger partial charge in [0, 0.05) is 0 Å². The molecule has 0 spiro atoms. The maximum absolute atomic E-state index is 10.4. The van der Waals surface area contributed by atoms with E-state index in [1.165, 1.54) is 77.0 Å². The molecule has 0 aromatic carbocycles. The summed E-state index contributed by atoms with van der Waals surface area (Å²) in [4.78, 5) is 10.4. The minimum absolute atomic E-state index is 0.396. The van der Waals surface area contributed by atoms with Crippen molar-refractivity contribution in [1.29, 1.82) is 0 Å². The van der Waals surface area contributed by atoms with Gasteiger partial charge in [-0.2, -0.15) is 0 Å². The first-order valence-electron chi connectivity index (χ1n) is 12.6. The average Bonchev–Trinajstić information content (AvgIpc) is 2.82. The molecule has 0 heterocycles. The number of unbranched alkanes of at least 4 members (excludes halogenated alkanes) is 13. The van der Waals surface area contributed by atoms with Crippen molar-refractivity contribution >= 4 is 5.97 Å². The lowest BCUT2D eigenvalue weighted by Gasteiger charge is -2.24. The molecule has 0 bridgehead atoms. The van der Waals surface area contributed by atoms with Gasteiger partial charge in [-0.05, 0) is 6.42 Å². The van der Waals surface area contributed by atoms with Gasteiger partial charge in [-0.25, -0.2) is 4.79 Å². The van der Waals surface area contributed by atoms with Gasteiger partial charge >= 0.3 is 5.97 Å². The molecule has 0 aliphatic carbocycles. The first kappa shape index (κ1) is 34.4. The number of hydrogen-bond donors (Lipinski definition) is 8. The molecule has 0 fully saturated rings. The number of carbonyl (C=O) groups is 1. The number of carboxylic acid groups (broad SMARTS) is 1. The van der Waals surface area contributed by atoms with Crippen LogP contribution in [0, 0.1) is 0 Å². The van der Waals surface area contributed by atoms with Crippen LogP contribution in [-0.4, -0.2) is 90.6 Å². The molecule has 0 saturated carbocycles. The van der Waals surface area contributed by atoms with Crippen LogP contribution in [0.2, 0.25) is 0 Å². The zero-order valence-corrected chi connectivity index (χ0v) is 20.4. The molecule has 5 atom stereocenters. The second kappa shape index (κ2) is 24.3. The quantitative estimate of drug-likeness (QED) is 0.113. The first-order valence-corrected chi connectivity index (χ1v) is 12.6. The first-order chi connectivity index (χ1) is 15.7. The fraction of sp³-hybridized carbons (Fsp3) is 0.958. The summed E-state index contributed by atoms with van der Waals surface area (Å²) in [6.07, 6.45) is 10.9. The molecule has 0 aliphatic heterocycles. The largest absolute Gasteiger partial charge is 0.479 e. The molecule has 200 valence electrons. The van der Waals surface area contributed by atoms with Crippen LogP contribution in [0.25, 0.3) is 0 Å². The highest BCUT2D eigenvalue weighted by Crippen LogP contribution is 2.13. The zero-order valence-electron chi connectivity index (χ0n) is 20.4. The molecule has 0 aromatic heterocycles. The summed E-state index contributed by atoms with van der Waals surface area (Å²) in [7, 11) is 0. The predicted octanol–water partition coefficient (Wildman–Crippen LogP) is 1.72. The normalized spacial score (nSPS) is 15.8. The van der Waals surface area contributed by atoms with Crippen LogP contribution < -0.4 is 0 Å². The van der Waals surface area contributed by atoms with Crippen molar-refractivity contribution in [3.63, 3.8) is 0 Å². The van der Waals surface area contributed by atoms with Crippen LogP contribution in [-0.2, 0) is 4.79 Å². The number of aliphatic hydroxyl groups is 7. The molecule has 0 aromatic rings. The second-order valence-electron chi connectivity index (χ2n) is 8.72. The SMILES string of the molecule is CCCCCCCCCCCCCCCCC(O)C(=O)O.OCC(O)C(O)C(O)C(O)CO. The Morgan fingerprint density at radius 1 is 0.576 bits per heavy atom. The Balaban J connectivity index is 0. The van der Waals surface area contributed by atoms with Crippen molar-refractivity contribution < 1.29 is 45.6 Å². The van der Waals surface area contributed by atoms with Gasteiger partial charge in [0.1, 0.15) is 24.4 Å². The van der Waals surface area contributed by atoms with E-state index in [0.29, 0.717) is 6.42 Å². The Kier molecular flexibility index (Phi) is 25.3. The summed E-state index contributed by atoms with van der Waals surface area (Å²) >= 11 is 0. The van der Waals surface area contributed by atoms with E-state index in [1.54, 1.807) is 0 Å². The van der Waals surface area contributed by atoms with E-state index in [9.17, 15) is 4.79 Å². The Morgan fingerprint density at radius 2 is 0.879 bits per heavy atom. The van der Waals surface area contributed by atoms with E-state index in [2.05, 4.69) is 6.92 Å².